The molecular formula is C19H22ClN3OS. The maximum atomic E-state index is 12.6. The number of benzene rings is 2. The van der Waals surface area contributed by atoms with E-state index >= 15 is 0 Å². The lowest BCUT2D eigenvalue weighted by Crippen LogP contribution is -2.37. The molecule has 1 saturated heterocycles. The number of urea groups is 1. The van der Waals surface area contributed by atoms with Crippen LogP contribution >= 0.6 is 23.4 Å². The molecule has 2 aromatic rings. The fraction of sp³-hybridized carbons (Fsp3) is 0.316. The molecule has 2 amide bonds. The van der Waals surface area contributed by atoms with Crippen LogP contribution in [0.3, 0.4) is 0 Å². The number of nitrogens with zero attached hydrogens (tertiary/aromatic N) is 1. The minimum absolute atomic E-state index is 0.0282. The van der Waals surface area contributed by atoms with E-state index in [1.165, 1.54) is 0 Å². The van der Waals surface area contributed by atoms with Crippen LogP contribution in [0.4, 0.5) is 10.5 Å². The number of amides is 2. The smallest absolute Gasteiger partial charge is 0.321 e. The Morgan fingerprint density at radius 2 is 2.04 bits per heavy atom. The highest BCUT2D eigenvalue weighted by Crippen LogP contribution is 2.30. The zero-order valence-corrected chi connectivity index (χ0v) is 15.6. The number of thioether (sulfide) groups is 1. The van der Waals surface area contributed by atoms with Crippen molar-refractivity contribution in [2.45, 2.75) is 17.1 Å². The molecule has 6 heteroatoms. The molecule has 1 fully saturated rings. The number of carbonyl (C=O) groups is 1. The molecule has 1 aliphatic heterocycles. The molecule has 0 saturated carbocycles. The van der Waals surface area contributed by atoms with Gasteiger partial charge >= 0.3 is 6.03 Å². The minimum Gasteiger partial charge on any atom is -0.323 e. The van der Waals surface area contributed by atoms with E-state index in [4.69, 9.17) is 11.6 Å². The first-order valence-electron chi connectivity index (χ1n) is 8.45. The lowest BCUT2D eigenvalue weighted by molar-refractivity contribution is 0.215. The molecule has 132 valence electrons. The molecule has 1 aliphatic rings. The SMILES string of the molecule is O=C(Nc1ccccc1SCc1cccc(Cl)c1)N1CCCNCC1. The second-order valence-corrected chi connectivity index (χ2v) is 7.39. The summed E-state index contributed by atoms with van der Waals surface area (Å²) in [5, 5.41) is 7.13. The van der Waals surface area contributed by atoms with E-state index in [9.17, 15) is 4.79 Å². The highest BCUT2D eigenvalue weighted by molar-refractivity contribution is 7.98. The summed E-state index contributed by atoms with van der Waals surface area (Å²) in [5.41, 5.74) is 2.02. The van der Waals surface area contributed by atoms with Gasteiger partial charge in [0.15, 0.2) is 0 Å². The van der Waals surface area contributed by atoms with Crippen molar-refractivity contribution in [3.8, 4) is 0 Å². The first-order valence-corrected chi connectivity index (χ1v) is 9.81. The Kier molecular flexibility index (Phi) is 6.62. The van der Waals surface area contributed by atoms with Gasteiger partial charge in [-0.1, -0.05) is 35.9 Å². The number of para-hydroxylation sites is 1. The molecule has 0 aromatic heterocycles. The lowest BCUT2D eigenvalue weighted by atomic mass is 10.2. The first kappa shape index (κ1) is 18.1. The normalized spacial score (nSPS) is 14.8. The molecule has 0 unspecified atom stereocenters. The van der Waals surface area contributed by atoms with E-state index in [1.807, 2.05) is 47.4 Å². The van der Waals surface area contributed by atoms with Gasteiger partial charge in [-0.25, -0.2) is 4.79 Å². The fourth-order valence-corrected chi connectivity index (χ4v) is 3.89. The number of rotatable bonds is 4. The first-order chi connectivity index (χ1) is 12.2. The number of carbonyl (C=O) groups excluding carboxylic acids is 1. The summed E-state index contributed by atoms with van der Waals surface area (Å²) >= 11 is 7.75. The average Bonchev–Trinajstić information content (AvgIpc) is 2.90. The summed E-state index contributed by atoms with van der Waals surface area (Å²) in [4.78, 5) is 15.5. The van der Waals surface area contributed by atoms with Gasteiger partial charge in [0.2, 0.25) is 0 Å². The summed E-state index contributed by atoms with van der Waals surface area (Å²) in [6.07, 6.45) is 0.985. The highest BCUT2D eigenvalue weighted by atomic mass is 35.5. The van der Waals surface area contributed by atoms with Crippen molar-refractivity contribution in [2.24, 2.45) is 0 Å². The van der Waals surface area contributed by atoms with Gasteiger partial charge < -0.3 is 15.5 Å². The summed E-state index contributed by atoms with van der Waals surface area (Å²) in [7, 11) is 0. The lowest BCUT2D eigenvalue weighted by Gasteiger charge is -2.21. The van der Waals surface area contributed by atoms with Gasteiger partial charge in [-0.15, -0.1) is 11.8 Å². The van der Waals surface area contributed by atoms with Crippen LogP contribution in [0, 0.1) is 0 Å². The van der Waals surface area contributed by atoms with Crippen LogP contribution in [0.15, 0.2) is 53.4 Å². The number of anilines is 1. The van der Waals surface area contributed by atoms with Crippen molar-refractivity contribution in [1.29, 1.82) is 0 Å². The molecule has 0 bridgehead atoms. The van der Waals surface area contributed by atoms with Crippen molar-refractivity contribution in [3.05, 3.63) is 59.1 Å². The second-order valence-electron chi connectivity index (χ2n) is 5.94. The van der Waals surface area contributed by atoms with Crippen LogP contribution in [0.25, 0.3) is 0 Å². The molecule has 0 spiro atoms. The van der Waals surface area contributed by atoms with Crippen LogP contribution in [0.5, 0.6) is 0 Å². The van der Waals surface area contributed by atoms with Crippen molar-refractivity contribution in [1.82, 2.24) is 10.2 Å². The van der Waals surface area contributed by atoms with Crippen LogP contribution in [0.1, 0.15) is 12.0 Å². The quantitative estimate of drug-likeness (QED) is 0.775. The van der Waals surface area contributed by atoms with E-state index in [1.54, 1.807) is 11.8 Å². The third-order valence-electron chi connectivity index (χ3n) is 4.04. The van der Waals surface area contributed by atoms with Gasteiger partial charge in [-0.05, 0) is 42.8 Å². The molecule has 2 N–H and O–H groups in total. The van der Waals surface area contributed by atoms with Crippen molar-refractivity contribution in [2.75, 3.05) is 31.5 Å². The zero-order valence-electron chi connectivity index (χ0n) is 14.0. The molecule has 4 nitrogen and oxygen atoms in total. The van der Waals surface area contributed by atoms with E-state index in [0.29, 0.717) is 0 Å². The Balaban J connectivity index is 1.64. The standard InChI is InChI=1S/C19H22ClN3OS/c20-16-6-3-5-15(13-16)14-25-18-8-2-1-7-17(18)22-19(24)23-11-4-9-21-10-12-23/h1-3,5-8,13,21H,4,9-12,14H2,(H,22,24). The van der Waals surface area contributed by atoms with E-state index in [-0.39, 0.29) is 6.03 Å². The highest BCUT2D eigenvalue weighted by Gasteiger charge is 2.16. The average molecular weight is 376 g/mol. The Morgan fingerprint density at radius 1 is 1.16 bits per heavy atom. The molecule has 3 rings (SSSR count). The minimum atomic E-state index is -0.0282. The Bertz CT molecular complexity index is 717. The Labute approximate surface area is 157 Å². The number of hydrogen-bond acceptors (Lipinski definition) is 3. The van der Waals surface area contributed by atoms with Gasteiger partial charge in [0.1, 0.15) is 0 Å². The zero-order chi connectivity index (χ0) is 17.5. The number of nitrogens with one attached hydrogen (secondary N) is 2. The third kappa shape index (κ3) is 5.39. The predicted molar refractivity (Wildman–Crippen MR) is 106 cm³/mol. The maximum absolute atomic E-state index is 12.6. The van der Waals surface area contributed by atoms with Crippen molar-refractivity contribution >= 4 is 35.1 Å². The predicted octanol–water partition coefficient (Wildman–Crippen LogP) is 4.46. The molecule has 2 aromatic carbocycles. The maximum Gasteiger partial charge on any atom is 0.321 e. The number of halogens is 1. The van der Waals surface area contributed by atoms with Crippen molar-refractivity contribution < 1.29 is 4.79 Å². The van der Waals surface area contributed by atoms with Crippen LogP contribution in [0.2, 0.25) is 5.02 Å². The summed E-state index contributed by atoms with van der Waals surface area (Å²) in [6.45, 7) is 3.34. The molecular weight excluding hydrogens is 354 g/mol. The molecule has 0 radical (unpaired) electrons. The summed E-state index contributed by atoms with van der Waals surface area (Å²) in [6, 6.07) is 15.8. The largest absolute Gasteiger partial charge is 0.323 e. The van der Waals surface area contributed by atoms with E-state index in [0.717, 1.165) is 59.5 Å². The second kappa shape index (κ2) is 9.13. The fourth-order valence-electron chi connectivity index (χ4n) is 2.73. The van der Waals surface area contributed by atoms with Crippen LogP contribution in [-0.4, -0.2) is 37.1 Å². The molecule has 25 heavy (non-hydrogen) atoms. The van der Waals surface area contributed by atoms with Gasteiger partial charge in [0.05, 0.1) is 5.69 Å². The van der Waals surface area contributed by atoms with Crippen LogP contribution < -0.4 is 10.6 Å². The van der Waals surface area contributed by atoms with Gasteiger partial charge in [0.25, 0.3) is 0 Å². The van der Waals surface area contributed by atoms with Gasteiger partial charge in [-0.3, -0.25) is 0 Å². The molecule has 0 aliphatic carbocycles. The monoisotopic (exact) mass is 375 g/mol. The van der Waals surface area contributed by atoms with Gasteiger partial charge in [0, 0.05) is 35.3 Å². The summed E-state index contributed by atoms with van der Waals surface area (Å²) < 4.78 is 0. The van der Waals surface area contributed by atoms with Crippen LogP contribution in [-0.2, 0) is 5.75 Å². The Hall–Kier alpha value is -1.69. The molecule has 1 heterocycles. The van der Waals surface area contributed by atoms with E-state index in [2.05, 4.69) is 16.7 Å². The number of hydrogen-bond donors (Lipinski definition) is 2. The topological polar surface area (TPSA) is 44.4 Å². The van der Waals surface area contributed by atoms with E-state index < -0.39 is 0 Å². The summed E-state index contributed by atoms with van der Waals surface area (Å²) in [5.74, 6) is 0.807. The van der Waals surface area contributed by atoms with Crippen molar-refractivity contribution in [3.63, 3.8) is 0 Å². The molecule has 0 atom stereocenters. The third-order valence-corrected chi connectivity index (χ3v) is 5.42. The Morgan fingerprint density at radius 3 is 2.92 bits per heavy atom. The van der Waals surface area contributed by atoms with Gasteiger partial charge in [-0.2, -0.15) is 0 Å².